The molecule has 0 aliphatic carbocycles. The van der Waals surface area contributed by atoms with E-state index >= 15 is 0 Å². The summed E-state index contributed by atoms with van der Waals surface area (Å²) in [6.07, 6.45) is 0.829. The Morgan fingerprint density at radius 2 is 1.96 bits per heavy atom. The van der Waals surface area contributed by atoms with Crippen LogP contribution in [0.2, 0.25) is 0 Å². The third-order valence-electron chi connectivity index (χ3n) is 3.61. The molecule has 4 nitrogen and oxygen atoms in total. The van der Waals surface area contributed by atoms with E-state index in [1.54, 1.807) is 18.2 Å². The molecule has 1 unspecified atom stereocenters. The Balaban J connectivity index is 2.42. The average Bonchev–Trinajstić information content (AvgIpc) is 2.54. The number of hydrogen-bond acceptors (Lipinski definition) is 4. The molecule has 0 fully saturated rings. The van der Waals surface area contributed by atoms with Crippen molar-refractivity contribution in [2.24, 2.45) is 0 Å². The summed E-state index contributed by atoms with van der Waals surface area (Å²) >= 11 is 0. The van der Waals surface area contributed by atoms with Gasteiger partial charge in [0.15, 0.2) is 0 Å². The van der Waals surface area contributed by atoms with Crippen molar-refractivity contribution in [1.82, 2.24) is 0 Å². The highest BCUT2D eigenvalue weighted by Gasteiger charge is 2.21. The van der Waals surface area contributed by atoms with Crippen molar-refractivity contribution < 1.29 is 17.0 Å². The van der Waals surface area contributed by atoms with Gasteiger partial charge in [0, 0.05) is 0 Å². The quantitative estimate of drug-likeness (QED) is 0.776. The van der Waals surface area contributed by atoms with Crippen LogP contribution in [0.25, 0.3) is 0 Å². The summed E-state index contributed by atoms with van der Waals surface area (Å²) in [6, 6.07) is 11.5. The van der Waals surface area contributed by atoms with Gasteiger partial charge < -0.3 is 4.18 Å². The summed E-state index contributed by atoms with van der Waals surface area (Å²) in [4.78, 5) is -0.255. The molecule has 0 aromatic heterocycles. The summed E-state index contributed by atoms with van der Waals surface area (Å²) in [7, 11) is -4.14. The van der Waals surface area contributed by atoms with Crippen molar-refractivity contribution in [3.63, 3.8) is 0 Å². The maximum absolute atomic E-state index is 13.3. The van der Waals surface area contributed by atoms with Crippen LogP contribution in [0.1, 0.15) is 37.3 Å². The SMILES string of the molecule is CCC(C)c1ccccc1OS(=O)(=O)c1ccc(F)c(C#N)c1. The van der Waals surface area contributed by atoms with E-state index in [4.69, 9.17) is 9.44 Å². The highest BCUT2D eigenvalue weighted by molar-refractivity contribution is 7.87. The second-order valence-corrected chi connectivity index (χ2v) is 6.68. The van der Waals surface area contributed by atoms with Gasteiger partial charge in [0.1, 0.15) is 22.5 Å². The van der Waals surface area contributed by atoms with Gasteiger partial charge in [-0.15, -0.1) is 0 Å². The second-order valence-electron chi connectivity index (χ2n) is 5.14. The molecule has 0 radical (unpaired) electrons. The molecule has 2 aromatic rings. The predicted octanol–water partition coefficient (Wildman–Crippen LogP) is 3.98. The average molecular weight is 333 g/mol. The van der Waals surface area contributed by atoms with Crippen molar-refractivity contribution >= 4 is 10.1 Å². The molecule has 2 rings (SSSR count). The number of nitriles is 1. The molecule has 2 aromatic carbocycles. The molecule has 0 N–H and O–H groups in total. The molecule has 23 heavy (non-hydrogen) atoms. The Hall–Kier alpha value is -2.39. The van der Waals surface area contributed by atoms with Crippen molar-refractivity contribution in [1.29, 1.82) is 5.26 Å². The molecule has 0 bridgehead atoms. The van der Waals surface area contributed by atoms with Crippen molar-refractivity contribution in [2.75, 3.05) is 0 Å². The highest BCUT2D eigenvalue weighted by Crippen LogP contribution is 2.30. The van der Waals surface area contributed by atoms with E-state index in [9.17, 15) is 12.8 Å². The largest absolute Gasteiger partial charge is 0.379 e. The number of hydrogen-bond donors (Lipinski definition) is 0. The standard InChI is InChI=1S/C17H16FNO3S/c1-3-12(2)15-6-4-5-7-17(15)22-23(20,21)14-8-9-16(18)13(10-14)11-19/h4-10,12H,3H2,1-2H3. The first-order valence-corrected chi connectivity index (χ1v) is 8.53. The normalized spacial score (nSPS) is 12.4. The van der Waals surface area contributed by atoms with Gasteiger partial charge >= 0.3 is 10.1 Å². The summed E-state index contributed by atoms with van der Waals surface area (Å²) in [5.41, 5.74) is 0.436. The van der Waals surface area contributed by atoms with Crippen molar-refractivity contribution in [2.45, 2.75) is 31.1 Å². The summed E-state index contributed by atoms with van der Waals surface area (Å²) in [5, 5.41) is 8.82. The Kier molecular flexibility index (Phi) is 5.02. The van der Waals surface area contributed by atoms with Gasteiger partial charge in [-0.3, -0.25) is 0 Å². The zero-order chi connectivity index (χ0) is 17.0. The molecular formula is C17H16FNO3S. The monoisotopic (exact) mass is 333 g/mol. The van der Waals surface area contributed by atoms with Gasteiger partial charge in [-0.2, -0.15) is 13.7 Å². The molecule has 0 spiro atoms. The van der Waals surface area contributed by atoms with E-state index < -0.39 is 15.9 Å². The van der Waals surface area contributed by atoms with Crippen LogP contribution in [-0.2, 0) is 10.1 Å². The Labute approximate surface area is 135 Å². The summed E-state index contributed by atoms with van der Waals surface area (Å²) in [6.45, 7) is 3.97. The number of rotatable bonds is 5. The second kappa shape index (κ2) is 6.80. The lowest BCUT2D eigenvalue weighted by molar-refractivity contribution is 0.479. The third-order valence-corrected chi connectivity index (χ3v) is 4.84. The van der Waals surface area contributed by atoms with E-state index in [0.717, 1.165) is 30.2 Å². The van der Waals surface area contributed by atoms with Gasteiger partial charge in [-0.1, -0.05) is 32.0 Å². The van der Waals surface area contributed by atoms with Crippen LogP contribution in [0.3, 0.4) is 0 Å². The minimum absolute atomic E-state index is 0.129. The smallest absolute Gasteiger partial charge is 0.339 e. The molecule has 6 heteroatoms. The third kappa shape index (κ3) is 3.69. The van der Waals surface area contributed by atoms with Gasteiger partial charge in [0.05, 0.1) is 5.56 Å². The highest BCUT2D eigenvalue weighted by atomic mass is 32.2. The van der Waals surface area contributed by atoms with Crippen LogP contribution in [-0.4, -0.2) is 8.42 Å². The lowest BCUT2D eigenvalue weighted by Gasteiger charge is -2.15. The first-order chi connectivity index (χ1) is 10.9. The van der Waals surface area contributed by atoms with Crippen LogP contribution in [0.5, 0.6) is 5.75 Å². The fraction of sp³-hybridized carbons (Fsp3) is 0.235. The van der Waals surface area contributed by atoms with Crippen LogP contribution in [0.15, 0.2) is 47.4 Å². The maximum atomic E-state index is 13.3. The lowest BCUT2D eigenvalue weighted by Crippen LogP contribution is -2.12. The summed E-state index contributed by atoms with van der Waals surface area (Å²) in [5.74, 6) is -0.402. The zero-order valence-corrected chi connectivity index (χ0v) is 13.6. The molecule has 0 amide bonds. The Morgan fingerprint density at radius 1 is 1.26 bits per heavy atom. The first-order valence-electron chi connectivity index (χ1n) is 7.12. The molecule has 0 aliphatic heterocycles. The molecule has 0 heterocycles. The lowest BCUT2D eigenvalue weighted by atomic mass is 9.98. The Morgan fingerprint density at radius 3 is 2.61 bits per heavy atom. The van der Waals surface area contributed by atoms with Gasteiger partial charge in [0.25, 0.3) is 0 Å². The van der Waals surface area contributed by atoms with Crippen LogP contribution in [0, 0.1) is 17.1 Å². The van der Waals surface area contributed by atoms with Gasteiger partial charge in [0.2, 0.25) is 0 Å². The molecule has 120 valence electrons. The molecule has 0 saturated heterocycles. The fourth-order valence-corrected chi connectivity index (χ4v) is 3.08. The van der Waals surface area contributed by atoms with E-state index in [1.807, 2.05) is 26.0 Å². The van der Waals surface area contributed by atoms with Gasteiger partial charge in [-0.25, -0.2) is 4.39 Å². The zero-order valence-electron chi connectivity index (χ0n) is 12.8. The van der Waals surface area contributed by atoms with E-state index in [1.165, 1.54) is 0 Å². The van der Waals surface area contributed by atoms with Gasteiger partial charge in [-0.05, 0) is 42.2 Å². The van der Waals surface area contributed by atoms with Crippen LogP contribution < -0.4 is 4.18 Å². The molecule has 1 atom stereocenters. The van der Waals surface area contributed by atoms with E-state index in [2.05, 4.69) is 0 Å². The first kappa shape index (κ1) is 17.0. The van der Waals surface area contributed by atoms with E-state index in [-0.39, 0.29) is 22.1 Å². The predicted molar refractivity (Wildman–Crippen MR) is 84.1 cm³/mol. The summed E-state index contributed by atoms with van der Waals surface area (Å²) < 4.78 is 43.3. The number of para-hydroxylation sites is 1. The minimum atomic E-state index is -4.14. The van der Waals surface area contributed by atoms with Crippen LogP contribution in [0.4, 0.5) is 4.39 Å². The Bertz CT molecular complexity index is 856. The minimum Gasteiger partial charge on any atom is -0.379 e. The van der Waals surface area contributed by atoms with Crippen molar-refractivity contribution in [3.05, 3.63) is 59.4 Å². The van der Waals surface area contributed by atoms with Crippen molar-refractivity contribution in [3.8, 4) is 11.8 Å². The number of nitrogens with zero attached hydrogens (tertiary/aromatic N) is 1. The van der Waals surface area contributed by atoms with Crippen LogP contribution >= 0.6 is 0 Å². The molecule has 0 aliphatic rings. The number of benzene rings is 2. The topological polar surface area (TPSA) is 67.2 Å². The molecule has 0 saturated carbocycles. The molecular weight excluding hydrogens is 317 g/mol. The fourth-order valence-electron chi connectivity index (χ4n) is 2.10. The van der Waals surface area contributed by atoms with E-state index in [0.29, 0.717) is 0 Å². The number of halogens is 1. The maximum Gasteiger partial charge on any atom is 0.339 e.